The predicted octanol–water partition coefficient (Wildman–Crippen LogP) is 2.27. The van der Waals surface area contributed by atoms with Crippen LogP contribution in [0.3, 0.4) is 0 Å². The molecular formula is C3H9Cl3OSSn. The van der Waals surface area contributed by atoms with Crippen LogP contribution in [0.1, 0.15) is 0 Å². The molecule has 0 unspecified atom stereocenters. The van der Waals surface area contributed by atoms with E-state index >= 15 is 0 Å². The van der Waals surface area contributed by atoms with Crippen molar-refractivity contribution < 1.29 is 4.21 Å². The fraction of sp³-hybridized carbons (Fsp3) is 1.00. The summed E-state index contributed by atoms with van der Waals surface area (Å²) in [5, 5.41) is 0. The van der Waals surface area contributed by atoms with E-state index in [1.54, 1.807) is 17.5 Å². The van der Waals surface area contributed by atoms with E-state index in [4.69, 9.17) is 26.8 Å². The van der Waals surface area contributed by atoms with Crippen molar-refractivity contribution in [2.75, 3.05) is 12.5 Å². The summed E-state index contributed by atoms with van der Waals surface area (Å²) in [7, 11) is 15.2. The van der Waals surface area contributed by atoms with Crippen LogP contribution in [0, 0.1) is 0 Å². The molecule has 0 aliphatic heterocycles. The van der Waals surface area contributed by atoms with E-state index in [-0.39, 0.29) is 0 Å². The zero-order chi connectivity index (χ0) is 8.08. The van der Waals surface area contributed by atoms with E-state index in [1.165, 1.54) is 0 Å². The van der Waals surface area contributed by atoms with Crippen LogP contribution in [0.25, 0.3) is 0 Å². The first-order valence-electron chi connectivity index (χ1n) is 2.05. The molecule has 0 bridgehead atoms. The van der Waals surface area contributed by atoms with Gasteiger partial charge in [-0.2, -0.15) is 0 Å². The molecule has 0 aliphatic carbocycles. The fourth-order valence-electron chi connectivity index (χ4n) is 0. The van der Waals surface area contributed by atoms with Gasteiger partial charge in [-0.1, -0.05) is 0 Å². The Kier molecular flexibility index (Phi) is 9.72. The summed E-state index contributed by atoms with van der Waals surface area (Å²) in [5.41, 5.74) is 0. The molecule has 6 heteroatoms. The summed E-state index contributed by atoms with van der Waals surface area (Å²) in [5.74, 6) is 0. The summed E-state index contributed by atoms with van der Waals surface area (Å²) in [6.45, 7) is 0. The molecule has 58 valence electrons. The maximum absolute atomic E-state index is 9.56. The molecule has 0 rings (SSSR count). The summed E-state index contributed by atoms with van der Waals surface area (Å²) in [4.78, 5) is 1.69. The molecule has 0 radical (unpaired) electrons. The van der Waals surface area contributed by atoms with Gasteiger partial charge in [0.05, 0.1) is 0 Å². The second-order valence-corrected chi connectivity index (χ2v) is 26.6. The van der Waals surface area contributed by atoms with Gasteiger partial charge >= 0.3 is 46.7 Å². The number of rotatable bonds is 0. The Bertz CT molecular complexity index is 81.5. The van der Waals surface area contributed by atoms with Crippen molar-refractivity contribution in [1.29, 1.82) is 0 Å². The Hall–Kier alpha value is 1.82. The summed E-state index contributed by atoms with van der Waals surface area (Å²) in [6, 6.07) is 0. The first-order chi connectivity index (χ1) is 3.73. The molecule has 1 nitrogen and oxygen atoms in total. The molecule has 0 fully saturated rings. The van der Waals surface area contributed by atoms with Gasteiger partial charge in [0, 0.05) is 23.3 Å². The second kappa shape index (κ2) is 6.52. The Morgan fingerprint density at radius 2 is 1.22 bits per heavy atom. The van der Waals surface area contributed by atoms with Gasteiger partial charge in [0.15, 0.2) is 0 Å². The Morgan fingerprint density at radius 3 is 1.22 bits per heavy atom. The van der Waals surface area contributed by atoms with Crippen molar-refractivity contribution >= 4 is 52.6 Å². The van der Waals surface area contributed by atoms with Gasteiger partial charge in [0.1, 0.15) is 0 Å². The molecule has 0 amide bonds. The third-order valence-corrected chi connectivity index (χ3v) is 0. The van der Waals surface area contributed by atoms with Crippen molar-refractivity contribution in [2.45, 2.75) is 4.94 Å². The quantitative estimate of drug-likeness (QED) is 0.626. The van der Waals surface area contributed by atoms with Crippen molar-refractivity contribution in [3.05, 3.63) is 0 Å². The summed E-state index contributed by atoms with van der Waals surface area (Å²) >= 11 is -2.76. The molecule has 0 atom stereocenters. The SMILES string of the molecule is CS(C)=O.[CH3][Sn]([Cl])([Cl])[Cl]. The fourth-order valence-corrected chi connectivity index (χ4v) is 0. The molecular weight excluding hydrogens is 309 g/mol. The molecule has 0 aliphatic rings. The van der Waals surface area contributed by atoms with Crippen molar-refractivity contribution in [3.63, 3.8) is 0 Å². The van der Waals surface area contributed by atoms with Gasteiger partial charge in [0.2, 0.25) is 0 Å². The molecule has 0 saturated carbocycles. The Balaban J connectivity index is 0. The molecule has 0 heterocycles. The van der Waals surface area contributed by atoms with Crippen LogP contribution >= 0.6 is 26.8 Å². The molecule has 0 N–H and O–H groups in total. The van der Waals surface area contributed by atoms with Crippen LogP contribution in [-0.4, -0.2) is 31.7 Å². The second-order valence-electron chi connectivity index (χ2n) is 1.52. The van der Waals surface area contributed by atoms with Crippen molar-refractivity contribution in [1.82, 2.24) is 0 Å². The minimum absolute atomic E-state index is 0.611. The van der Waals surface area contributed by atoms with Crippen molar-refractivity contribution in [3.8, 4) is 0 Å². The average Bonchev–Trinajstić information content (AvgIpc) is 1.19. The monoisotopic (exact) mass is 318 g/mol. The normalized spacial score (nSPS) is 10.6. The summed E-state index contributed by atoms with van der Waals surface area (Å²) < 4.78 is 9.56. The van der Waals surface area contributed by atoms with E-state index in [0.717, 1.165) is 0 Å². The van der Waals surface area contributed by atoms with E-state index in [0.29, 0.717) is 0 Å². The number of hydrogen-bond donors (Lipinski definition) is 0. The third kappa shape index (κ3) is 181. The zero-order valence-corrected chi connectivity index (χ0v) is 11.4. The van der Waals surface area contributed by atoms with Crippen LogP contribution in [0.15, 0.2) is 0 Å². The van der Waals surface area contributed by atoms with Crippen molar-refractivity contribution in [2.24, 2.45) is 0 Å². The van der Waals surface area contributed by atoms with Gasteiger partial charge in [-0.15, -0.1) is 0 Å². The number of halogens is 3. The zero-order valence-electron chi connectivity index (χ0n) is 5.45. The van der Waals surface area contributed by atoms with E-state index in [2.05, 4.69) is 0 Å². The molecule has 0 spiro atoms. The van der Waals surface area contributed by atoms with Gasteiger partial charge in [-0.05, 0) is 0 Å². The molecule has 0 aromatic carbocycles. The van der Waals surface area contributed by atoms with Gasteiger partial charge in [0.25, 0.3) is 0 Å². The standard InChI is InChI=1S/C2H6OS.CH3.3ClH.Sn/c1-4(2)3;;;;;/h1-2H3;1H3;3*1H;/q;;;;;+3/p-3. The van der Waals surface area contributed by atoms with E-state index in [1.807, 2.05) is 0 Å². The van der Waals surface area contributed by atoms with E-state index < -0.39 is 25.8 Å². The van der Waals surface area contributed by atoms with Gasteiger partial charge < -0.3 is 0 Å². The van der Waals surface area contributed by atoms with Gasteiger partial charge in [-0.25, -0.2) is 0 Å². The molecule has 0 aromatic heterocycles. The Morgan fingerprint density at radius 1 is 1.22 bits per heavy atom. The van der Waals surface area contributed by atoms with Crippen LogP contribution < -0.4 is 0 Å². The summed E-state index contributed by atoms with van der Waals surface area (Å²) in [6.07, 6.45) is 3.28. The van der Waals surface area contributed by atoms with E-state index in [9.17, 15) is 4.21 Å². The first-order valence-corrected chi connectivity index (χ1v) is 17.7. The van der Waals surface area contributed by atoms with Crippen LogP contribution in [-0.2, 0) is 10.8 Å². The van der Waals surface area contributed by atoms with Gasteiger partial charge in [-0.3, -0.25) is 4.21 Å². The topological polar surface area (TPSA) is 17.1 Å². The third-order valence-electron chi connectivity index (χ3n) is 0. The molecule has 0 aromatic rings. The van der Waals surface area contributed by atoms with Crippen LogP contribution in [0.5, 0.6) is 0 Å². The minimum atomic E-state index is -2.76. The average molecular weight is 318 g/mol. The maximum atomic E-state index is 9.56. The van der Waals surface area contributed by atoms with Crippen LogP contribution in [0.4, 0.5) is 0 Å². The first kappa shape index (κ1) is 13.4. The molecule has 9 heavy (non-hydrogen) atoms. The Labute approximate surface area is 73.5 Å². The number of hydrogen-bond acceptors (Lipinski definition) is 1. The predicted molar refractivity (Wildman–Crippen MR) is 49.2 cm³/mol. The van der Waals surface area contributed by atoms with Crippen LogP contribution in [0.2, 0.25) is 4.94 Å². The molecule has 0 saturated heterocycles.